The second kappa shape index (κ2) is 4.62. The Morgan fingerprint density at radius 1 is 1.16 bits per heavy atom. The largest absolute Gasteiger partial charge is 0.342 e. The summed E-state index contributed by atoms with van der Waals surface area (Å²) in [4.78, 5) is 15.8. The molecule has 2 heterocycles. The van der Waals surface area contributed by atoms with E-state index in [1.807, 2.05) is 6.07 Å². The lowest BCUT2D eigenvalue weighted by molar-refractivity contribution is -0.129. The SMILES string of the molecule is O=C(Cc1cccs1)N1C[C@@H]2C3CCC(CC3)[C@@H]2C1. The van der Waals surface area contributed by atoms with Gasteiger partial charge in [0.05, 0.1) is 6.42 Å². The van der Waals surface area contributed by atoms with Gasteiger partial charge in [0.15, 0.2) is 0 Å². The monoisotopic (exact) mass is 275 g/mol. The van der Waals surface area contributed by atoms with Gasteiger partial charge >= 0.3 is 0 Å². The van der Waals surface area contributed by atoms with Gasteiger partial charge in [-0.05, 0) is 60.8 Å². The quantitative estimate of drug-likeness (QED) is 0.812. The zero-order chi connectivity index (χ0) is 12.8. The van der Waals surface area contributed by atoms with E-state index in [4.69, 9.17) is 0 Å². The van der Waals surface area contributed by atoms with Gasteiger partial charge in [0.1, 0.15) is 0 Å². The molecule has 2 atom stereocenters. The van der Waals surface area contributed by atoms with Crippen LogP contribution in [0.2, 0.25) is 0 Å². The van der Waals surface area contributed by atoms with Crippen molar-refractivity contribution in [3.8, 4) is 0 Å². The highest BCUT2D eigenvalue weighted by Gasteiger charge is 2.48. The standard InChI is InChI=1S/C16H21NOS/c18-16(8-13-2-1-7-19-13)17-9-14-11-3-4-12(6-5-11)15(14)10-17/h1-2,7,11-12,14-15H,3-6,8-10H2/t11?,12?,14-,15+. The van der Waals surface area contributed by atoms with Gasteiger partial charge in [-0.1, -0.05) is 6.07 Å². The van der Waals surface area contributed by atoms with E-state index in [1.165, 1.54) is 30.6 Å². The maximum atomic E-state index is 12.4. The maximum absolute atomic E-state index is 12.4. The van der Waals surface area contributed by atoms with Gasteiger partial charge in [0.25, 0.3) is 0 Å². The Kier molecular flexibility index (Phi) is 2.91. The van der Waals surface area contributed by atoms with Crippen LogP contribution in [0.25, 0.3) is 0 Å². The van der Waals surface area contributed by atoms with Crippen LogP contribution < -0.4 is 0 Å². The number of hydrogen-bond donors (Lipinski definition) is 0. The first-order chi connectivity index (χ1) is 9.31. The molecular weight excluding hydrogens is 254 g/mol. The van der Waals surface area contributed by atoms with Gasteiger partial charge in [-0.2, -0.15) is 0 Å². The molecule has 3 saturated carbocycles. The number of likely N-dealkylation sites (tertiary alicyclic amines) is 1. The van der Waals surface area contributed by atoms with Crippen LogP contribution in [0.4, 0.5) is 0 Å². The Bertz CT molecular complexity index is 441. The maximum Gasteiger partial charge on any atom is 0.227 e. The van der Waals surface area contributed by atoms with E-state index in [0.29, 0.717) is 12.3 Å². The average Bonchev–Trinajstić information content (AvgIpc) is 3.09. The summed E-state index contributed by atoms with van der Waals surface area (Å²) in [6.07, 6.45) is 6.33. The summed E-state index contributed by atoms with van der Waals surface area (Å²) < 4.78 is 0. The third kappa shape index (κ3) is 2.03. The van der Waals surface area contributed by atoms with E-state index in [2.05, 4.69) is 16.3 Å². The van der Waals surface area contributed by atoms with Gasteiger partial charge in [0, 0.05) is 18.0 Å². The van der Waals surface area contributed by atoms with E-state index >= 15 is 0 Å². The molecule has 0 unspecified atom stereocenters. The normalized spacial score (nSPS) is 36.5. The van der Waals surface area contributed by atoms with Gasteiger partial charge in [-0.3, -0.25) is 4.79 Å². The van der Waals surface area contributed by atoms with Crippen molar-refractivity contribution in [2.24, 2.45) is 23.7 Å². The molecule has 0 radical (unpaired) electrons. The summed E-state index contributed by atoms with van der Waals surface area (Å²) in [5.74, 6) is 3.87. The summed E-state index contributed by atoms with van der Waals surface area (Å²) in [6.45, 7) is 2.10. The third-order valence-electron chi connectivity index (χ3n) is 5.70. The summed E-state index contributed by atoms with van der Waals surface area (Å²) in [7, 11) is 0. The minimum Gasteiger partial charge on any atom is -0.342 e. The predicted octanol–water partition coefficient (Wildman–Crippen LogP) is 3.19. The van der Waals surface area contributed by atoms with Crippen LogP contribution >= 0.6 is 11.3 Å². The summed E-state index contributed by atoms with van der Waals surface area (Å²) >= 11 is 1.70. The molecule has 1 amide bonds. The van der Waals surface area contributed by atoms with Crippen LogP contribution in [0.5, 0.6) is 0 Å². The number of amides is 1. The summed E-state index contributed by atoms with van der Waals surface area (Å²) in [5, 5.41) is 2.06. The van der Waals surface area contributed by atoms with Crippen LogP contribution in [0.15, 0.2) is 17.5 Å². The minimum atomic E-state index is 0.358. The van der Waals surface area contributed by atoms with Gasteiger partial charge < -0.3 is 4.90 Å². The smallest absolute Gasteiger partial charge is 0.227 e. The first kappa shape index (κ1) is 12.0. The van der Waals surface area contributed by atoms with Crippen molar-refractivity contribution in [3.63, 3.8) is 0 Å². The average molecular weight is 275 g/mol. The lowest BCUT2D eigenvalue weighted by atomic mass is 9.60. The molecule has 1 aromatic rings. The molecule has 4 fully saturated rings. The van der Waals surface area contributed by atoms with Crippen molar-refractivity contribution >= 4 is 17.2 Å². The molecule has 0 N–H and O–H groups in total. The molecular formula is C16H21NOS. The Morgan fingerprint density at radius 3 is 2.32 bits per heavy atom. The van der Waals surface area contributed by atoms with E-state index in [-0.39, 0.29) is 0 Å². The molecule has 3 aliphatic carbocycles. The highest BCUT2D eigenvalue weighted by molar-refractivity contribution is 7.10. The Labute approximate surface area is 118 Å². The molecule has 3 heteroatoms. The van der Waals surface area contributed by atoms with E-state index < -0.39 is 0 Å². The molecule has 19 heavy (non-hydrogen) atoms. The molecule has 1 aromatic heterocycles. The van der Waals surface area contributed by atoms with Gasteiger partial charge in [-0.15, -0.1) is 11.3 Å². The first-order valence-corrected chi connectivity index (χ1v) is 8.49. The number of fused-ring (bicyclic) bond motifs is 2. The van der Waals surface area contributed by atoms with Crippen LogP contribution in [0, 0.1) is 23.7 Å². The molecule has 2 bridgehead atoms. The molecule has 2 nitrogen and oxygen atoms in total. The fraction of sp³-hybridized carbons (Fsp3) is 0.688. The molecule has 0 spiro atoms. The molecule has 5 rings (SSSR count). The Hall–Kier alpha value is -0.830. The van der Waals surface area contributed by atoms with Crippen molar-refractivity contribution in [2.45, 2.75) is 32.1 Å². The molecule has 0 aromatic carbocycles. The summed E-state index contributed by atoms with van der Waals surface area (Å²) in [5.41, 5.74) is 0. The second-order valence-corrected chi connectivity index (χ2v) is 7.59. The minimum absolute atomic E-state index is 0.358. The molecule has 4 aliphatic rings. The van der Waals surface area contributed by atoms with Crippen LogP contribution in [-0.2, 0) is 11.2 Å². The fourth-order valence-corrected chi connectivity index (χ4v) is 5.43. The van der Waals surface area contributed by atoms with Crippen molar-refractivity contribution in [1.29, 1.82) is 0 Å². The Balaban J connectivity index is 1.45. The lowest BCUT2D eigenvalue weighted by Crippen LogP contribution is -2.38. The van der Waals surface area contributed by atoms with Gasteiger partial charge in [-0.25, -0.2) is 0 Å². The van der Waals surface area contributed by atoms with E-state index in [0.717, 1.165) is 36.8 Å². The molecule has 1 saturated heterocycles. The Morgan fingerprint density at radius 2 is 1.79 bits per heavy atom. The van der Waals surface area contributed by atoms with Crippen LogP contribution in [0.1, 0.15) is 30.6 Å². The van der Waals surface area contributed by atoms with Crippen molar-refractivity contribution in [2.75, 3.05) is 13.1 Å². The second-order valence-electron chi connectivity index (χ2n) is 6.56. The number of nitrogens with zero attached hydrogens (tertiary/aromatic N) is 1. The molecule has 1 aliphatic heterocycles. The van der Waals surface area contributed by atoms with Crippen LogP contribution in [0.3, 0.4) is 0 Å². The van der Waals surface area contributed by atoms with Crippen molar-refractivity contribution in [1.82, 2.24) is 4.90 Å². The number of thiophene rings is 1. The zero-order valence-corrected chi connectivity index (χ0v) is 12.1. The molecule has 102 valence electrons. The number of rotatable bonds is 2. The number of carbonyl (C=O) groups is 1. The third-order valence-corrected chi connectivity index (χ3v) is 6.57. The van der Waals surface area contributed by atoms with E-state index in [9.17, 15) is 4.79 Å². The van der Waals surface area contributed by atoms with Crippen LogP contribution in [-0.4, -0.2) is 23.9 Å². The van der Waals surface area contributed by atoms with Crippen molar-refractivity contribution < 1.29 is 4.79 Å². The summed E-state index contributed by atoms with van der Waals surface area (Å²) in [6, 6.07) is 4.12. The van der Waals surface area contributed by atoms with Gasteiger partial charge in [0.2, 0.25) is 5.91 Å². The lowest BCUT2D eigenvalue weighted by Gasteiger charge is -2.44. The predicted molar refractivity (Wildman–Crippen MR) is 77.0 cm³/mol. The number of carbonyl (C=O) groups excluding carboxylic acids is 1. The first-order valence-electron chi connectivity index (χ1n) is 7.61. The fourth-order valence-electron chi connectivity index (χ4n) is 4.73. The topological polar surface area (TPSA) is 20.3 Å². The number of hydrogen-bond acceptors (Lipinski definition) is 2. The highest BCUT2D eigenvalue weighted by atomic mass is 32.1. The highest BCUT2D eigenvalue weighted by Crippen LogP contribution is 2.51. The zero-order valence-electron chi connectivity index (χ0n) is 11.3. The van der Waals surface area contributed by atoms with E-state index in [1.54, 1.807) is 11.3 Å². The van der Waals surface area contributed by atoms with Crippen molar-refractivity contribution in [3.05, 3.63) is 22.4 Å².